The van der Waals surface area contributed by atoms with Gasteiger partial charge in [-0.05, 0) is 43.7 Å². The molecule has 7 nitrogen and oxygen atoms in total. The van der Waals surface area contributed by atoms with Gasteiger partial charge in [0, 0.05) is 12.2 Å². The van der Waals surface area contributed by atoms with Gasteiger partial charge in [-0.2, -0.15) is 0 Å². The lowest BCUT2D eigenvalue weighted by atomic mass is 9.85. The lowest BCUT2D eigenvalue weighted by Crippen LogP contribution is -2.50. The molecular weight excluding hydrogens is 382 g/mol. The predicted molar refractivity (Wildman–Crippen MR) is 111 cm³/mol. The fourth-order valence-corrected chi connectivity index (χ4v) is 5.03. The molecule has 1 saturated carbocycles. The van der Waals surface area contributed by atoms with Gasteiger partial charge in [0.25, 0.3) is 0 Å². The topological polar surface area (TPSA) is 86.8 Å². The lowest BCUT2D eigenvalue weighted by molar-refractivity contribution is -0.148. The summed E-state index contributed by atoms with van der Waals surface area (Å²) in [5, 5.41) is 2.81. The Hall–Kier alpha value is -2.96. The van der Waals surface area contributed by atoms with E-state index in [0.717, 1.165) is 11.3 Å². The van der Waals surface area contributed by atoms with Crippen LogP contribution in [-0.4, -0.2) is 52.6 Å². The van der Waals surface area contributed by atoms with Crippen LogP contribution in [0.25, 0.3) is 0 Å². The molecule has 5 unspecified atom stereocenters. The number of nitrogens with one attached hydrogen (secondary N) is 1. The van der Waals surface area contributed by atoms with Crippen molar-refractivity contribution >= 4 is 29.3 Å². The molecular formula is C23H27N3O4. The zero-order valence-corrected chi connectivity index (χ0v) is 17.3. The third kappa shape index (κ3) is 3.42. The molecule has 5 atom stereocenters. The van der Waals surface area contributed by atoms with Crippen LogP contribution in [-0.2, 0) is 19.2 Å². The molecule has 1 N–H and O–H groups in total. The Morgan fingerprint density at radius 2 is 1.70 bits per heavy atom. The maximum Gasteiger partial charge on any atom is 0.246 e. The molecule has 30 heavy (non-hydrogen) atoms. The van der Waals surface area contributed by atoms with Gasteiger partial charge < -0.3 is 10.2 Å². The summed E-state index contributed by atoms with van der Waals surface area (Å²) in [6, 6.07) is 8.33. The highest BCUT2D eigenvalue weighted by Gasteiger charge is 2.59. The SMILES string of the molecule is CCCN(C(=O)CN1C(=O)C2C3C=CC(C3)C2C1=O)C(C)C(=O)Nc1ccccc1. The van der Waals surface area contributed by atoms with Crippen LogP contribution in [0.1, 0.15) is 26.7 Å². The van der Waals surface area contributed by atoms with Crippen molar-refractivity contribution in [1.82, 2.24) is 9.80 Å². The van der Waals surface area contributed by atoms with Gasteiger partial charge in [-0.15, -0.1) is 0 Å². The Morgan fingerprint density at radius 3 is 2.27 bits per heavy atom. The molecule has 3 aliphatic rings. The molecule has 1 saturated heterocycles. The molecule has 1 aromatic carbocycles. The van der Waals surface area contributed by atoms with E-state index in [0.29, 0.717) is 18.7 Å². The highest BCUT2D eigenvalue weighted by molar-refractivity contribution is 6.08. The molecule has 1 heterocycles. The average molecular weight is 409 g/mol. The van der Waals surface area contributed by atoms with Crippen LogP contribution < -0.4 is 5.32 Å². The first kappa shape index (κ1) is 20.3. The second-order valence-electron chi connectivity index (χ2n) is 8.38. The van der Waals surface area contributed by atoms with Crippen molar-refractivity contribution in [2.45, 2.75) is 32.7 Å². The average Bonchev–Trinajstić information content (AvgIpc) is 3.42. The monoisotopic (exact) mass is 409 g/mol. The third-order valence-corrected chi connectivity index (χ3v) is 6.53. The second-order valence-corrected chi connectivity index (χ2v) is 8.38. The minimum atomic E-state index is -0.720. The lowest BCUT2D eigenvalue weighted by Gasteiger charge is -2.30. The Bertz CT molecular complexity index is 867. The van der Waals surface area contributed by atoms with E-state index in [1.165, 1.54) is 4.90 Å². The Balaban J connectivity index is 1.44. The smallest absolute Gasteiger partial charge is 0.246 e. The number of nitrogens with zero attached hydrogens (tertiary/aromatic N) is 2. The molecule has 0 spiro atoms. The van der Waals surface area contributed by atoms with Crippen LogP contribution in [0.2, 0.25) is 0 Å². The van der Waals surface area contributed by atoms with Crippen LogP contribution in [0.15, 0.2) is 42.5 Å². The van der Waals surface area contributed by atoms with E-state index in [9.17, 15) is 19.2 Å². The first-order valence-corrected chi connectivity index (χ1v) is 10.6. The molecule has 4 amide bonds. The number of hydrogen-bond donors (Lipinski definition) is 1. The fraction of sp³-hybridized carbons (Fsp3) is 0.478. The number of amides is 4. The highest BCUT2D eigenvalue weighted by Crippen LogP contribution is 2.52. The molecule has 158 valence electrons. The van der Waals surface area contributed by atoms with Crippen molar-refractivity contribution in [2.75, 3.05) is 18.4 Å². The van der Waals surface area contributed by atoms with Crippen LogP contribution in [0.3, 0.4) is 0 Å². The quantitative estimate of drug-likeness (QED) is 0.552. The Kier molecular flexibility index (Phi) is 5.45. The summed E-state index contributed by atoms with van der Waals surface area (Å²) in [6.07, 6.45) is 5.58. The molecule has 2 bridgehead atoms. The molecule has 1 aromatic rings. The maximum atomic E-state index is 13.1. The number of imide groups is 1. The minimum absolute atomic E-state index is 0.110. The zero-order valence-electron chi connectivity index (χ0n) is 17.3. The maximum absolute atomic E-state index is 13.1. The summed E-state index contributed by atoms with van der Waals surface area (Å²) >= 11 is 0. The normalized spacial score (nSPS) is 27.3. The number of rotatable bonds is 7. The van der Waals surface area contributed by atoms with E-state index < -0.39 is 6.04 Å². The van der Waals surface area contributed by atoms with Gasteiger partial charge in [0.15, 0.2) is 0 Å². The minimum Gasteiger partial charge on any atom is -0.329 e. The molecule has 7 heteroatoms. The van der Waals surface area contributed by atoms with Gasteiger partial charge in [-0.3, -0.25) is 24.1 Å². The van der Waals surface area contributed by atoms with Crippen molar-refractivity contribution in [3.05, 3.63) is 42.5 Å². The van der Waals surface area contributed by atoms with E-state index in [2.05, 4.69) is 5.32 Å². The van der Waals surface area contributed by atoms with Crippen LogP contribution in [0.4, 0.5) is 5.69 Å². The first-order chi connectivity index (χ1) is 14.4. The molecule has 4 rings (SSSR count). The van der Waals surface area contributed by atoms with Gasteiger partial charge in [-0.25, -0.2) is 0 Å². The van der Waals surface area contributed by atoms with Crippen LogP contribution in [0, 0.1) is 23.7 Å². The van der Waals surface area contributed by atoms with Crippen LogP contribution in [0.5, 0.6) is 0 Å². The fourth-order valence-electron chi connectivity index (χ4n) is 5.03. The van der Waals surface area contributed by atoms with Gasteiger partial charge in [0.05, 0.1) is 11.8 Å². The van der Waals surface area contributed by atoms with E-state index in [1.807, 2.05) is 37.3 Å². The van der Waals surface area contributed by atoms with Crippen molar-refractivity contribution in [1.29, 1.82) is 0 Å². The number of carbonyl (C=O) groups excluding carboxylic acids is 4. The summed E-state index contributed by atoms with van der Waals surface area (Å²) in [5.41, 5.74) is 0.652. The van der Waals surface area contributed by atoms with Crippen LogP contribution >= 0.6 is 0 Å². The first-order valence-electron chi connectivity index (χ1n) is 10.6. The molecule has 0 radical (unpaired) electrons. The largest absolute Gasteiger partial charge is 0.329 e. The van der Waals surface area contributed by atoms with Crippen molar-refractivity contribution in [3.63, 3.8) is 0 Å². The number of likely N-dealkylation sites (tertiary alicyclic amines) is 1. The number of para-hydroxylation sites is 1. The summed E-state index contributed by atoms with van der Waals surface area (Å²) < 4.78 is 0. The van der Waals surface area contributed by atoms with Gasteiger partial charge in [0.2, 0.25) is 23.6 Å². The highest BCUT2D eigenvalue weighted by atomic mass is 16.2. The van der Waals surface area contributed by atoms with Gasteiger partial charge in [-0.1, -0.05) is 37.3 Å². The number of benzene rings is 1. The Labute approximate surface area is 176 Å². The van der Waals surface area contributed by atoms with E-state index >= 15 is 0 Å². The Morgan fingerprint density at radius 1 is 1.10 bits per heavy atom. The number of carbonyl (C=O) groups is 4. The summed E-state index contributed by atoms with van der Waals surface area (Å²) in [6.45, 7) is 3.66. The number of hydrogen-bond acceptors (Lipinski definition) is 4. The van der Waals surface area contributed by atoms with Crippen molar-refractivity contribution in [2.24, 2.45) is 23.7 Å². The van der Waals surface area contributed by atoms with E-state index in [1.54, 1.807) is 19.1 Å². The molecule has 2 aliphatic carbocycles. The zero-order chi connectivity index (χ0) is 21.4. The predicted octanol–water partition coefficient (Wildman–Crippen LogP) is 2.06. The summed E-state index contributed by atoms with van der Waals surface area (Å²) in [4.78, 5) is 54.1. The number of anilines is 1. The van der Waals surface area contributed by atoms with E-state index in [4.69, 9.17) is 0 Å². The van der Waals surface area contributed by atoms with E-state index in [-0.39, 0.29) is 53.8 Å². The molecule has 1 aliphatic heterocycles. The van der Waals surface area contributed by atoms with Crippen molar-refractivity contribution < 1.29 is 19.2 Å². The van der Waals surface area contributed by atoms with Gasteiger partial charge >= 0.3 is 0 Å². The third-order valence-electron chi connectivity index (χ3n) is 6.53. The molecule has 2 fully saturated rings. The molecule has 0 aromatic heterocycles. The summed E-state index contributed by atoms with van der Waals surface area (Å²) in [5.74, 6) is -1.59. The standard InChI is InChI=1S/C23H27N3O4/c1-3-11-25(14(2)21(28)24-17-7-5-4-6-8-17)18(27)13-26-22(29)19-15-9-10-16(12-15)20(19)23(26)30/h4-10,14-16,19-20H,3,11-13H2,1-2H3,(H,24,28). The number of fused-ring (bicyclic) bond motifs is 5. The second kappa shape index (κ2) is 8.05. The number of allylic oxidation sites excluding steroid dienone is 2. The summed E-state index contributed by atoms with van der Waals surface area (Å²) in [7, 11) is 0. The van der Waals surface area contributed by atoms with Gasteiger partial charge in [0.1, 0.15) is 12.6 Å². The van der Waals surface area contributed by atoms with Crippen molar-refractivity contribution in [3.8, 4) is 0 Å².